The number of hydrogen-bond donors (Lipinski definition) is 6. The van der Waals surface area contributed by atoms with Gasteiger partial charge in [0.1, 0.15) is 24.9 Å². The number of carboxylic acid groups (broad SMARTS) is 1. The molecular formula is C45H47N5O7S. The number of rotatable bonds is 9. The minimum absolute atomic E-state index is 0.0152. The van der Waals surface area contributed by atoms with Crippen molar-refractivity contribution >= 4 is 40.9 Å². The molecule has 5 aromatic rings. The molecule has 58 heavy (non-hydrogen) atoms. The predicted octanol–water partition coefficient (Wildman–Crippen LogP) is 4.21. The predicted molar refractivity (Wildman–Crippen MR) is 221 cm³/mol. The second-order valence-electron chi connectivity index (χ2n) is 14.3. The molecule has 1 unspecified atom stereocenters. The zero-order chi connectivity index (χ0) is 40.9. The number of nitrogens with one attached hydrogen (secondary N) is 4. The molecule has 2 aliphatic rings. The van der Waals surface area contributed by atoms with E-state index in [4.69, 9.17) is 0 Å². The third-order valence-corrected chi connectivity index (χ3v) is 10.8. The summed E-state index contributed by atoms with van der Waals surface area (Å²) in [4.78, 5) is 70.2. The van der Waals surface area contributed by atoms with Gasteiger partial charge in [-0.3, -0.25) is 29.3 Å². The second kappa shape index (κ2) is 20.3. The van der Waals surface area contributed by atoms with E-state index in [2.05, 4.69) is 21.3 Å². The van der Waals surface area contributed by atoms with Crippen molar-refractivity contribution in [2.45, 2.75) is 69.5 Å². The highest BCUT2D eigenvalue weighted by atomic mass is 32.1. The highest BCUT2D eigenvalue weighted by molar-refractivity contribution is 7.09. The van der Waals surface area contributed by atoms with Crippen LogP contribution >= 0.6 is 11.3 Å². The Morgan fingerprint density at radius 2 is 1.28 bits per heavy atom. The van der Waals surface area contributed by atoms with E-state index in [1.807, 2.05) is 102 Å². The molecule has 1 aromatic heterocycles. The summed E-state index contributed by atoms with van der Waals surface area (Å²) in [7, 11) is 0. The van der Waals surface area contributed by atoms with Crippen molar-refractivity contribution in [2.75, 3.05) is 6.54 Å². The van der Waals surface area contributed by atoms with Crippen LogP contribution in [-0.2, 0) is 56.3 Å². The van der Waals surface area contributed by atoms with Crippen LogP contribution < -0.4 is 21.3 Å². The normalized spacial score (nSPS) is 20.1. The van der Waals surface area contributed by atoms with Gasteiger partial charge in [-0.1, -0.05) is 115 Å². The Bertz CT molecular complexity index is 2130. The highest BCUT2D eigenvalue weighted by Gasteiger charge is 2.33. The number of aliphatic hydroxyl groups excluding tert-OH is 1. The Morgan fingerprint density at radius 1 is 0.672 bits per heavy atom. The van der Waals surface area contributed by atoms with Crippen LogP contribution in [0.1, 0.15) is 40.0 Å². The van der Waals surface area contributed by atoms with Crippen molar-refractivity contribution in [1.29, 1.82) is 0 Å². The van der Waals surface area contributed by atoms with Gasteiger partial charge in [0.05, 0.1) is 6.04 Å². The van der Waals surface area contributed by atoms with E-state index in [-0.39, 0.29) is 51.1 Å². The zero-order valence-electron chi connectivity index (χ0n) is 31.9. The Labute approximate surface area is 341 Å². The van der Waals surface area contributed by atoms with Crippen LogP contribution in [0.3, 0.4) is 0 Å². The van der Waals surface area contributed by atoms with Gasteiger partial charge in [-0.05, 0) is 51.2 Å². The van der Waals surface area contributed by atoms with E-state index in [0.717, 1.165) is 32.7 Å². The Hall–Kier alpha value is -6.15. The number of aliphatic hydroxyl groups is 1. The molecule has 4 aromatic carbocycles. The van der Waals surface area contributed by atoms with Crippen molar-refractivity contribution in [1.82, 2.24) is 26.2 Å². The molecule has 4 amide bonds. The molecule has 300 valence electrons. The van der Waals surface area contributed by atoms with E-state index in [1.165, 1.54) is 16.2 Å². The van der Waals surface area contributed by atoms with Crippen molar-refractivity contribution in [3.05, 3.63) is 154 Å². The van der Waals surface area contributed by atoms with Gasteiger partial charge < -0.3 is 31.1 Å². The number of fused-ring (bicyclic) bond motifs is 18. The molecule has 13 heteroatoms. The summed E-state index contributed by atoms with van der Waals surface area (Å²) >= 11 is 1.44. The van der Waals surface area contributed by atoms with Crippen LogP contribution in [0, 0.1) is 0 Å². The molecule has 12 nitrogen and oxygen atoms in total. The Morgan fingerprint density at radius 3 is 1.95 bits per heavy atom. The maximum absolute atomic E-state index is 14.5. The van der Waals surface area contributed by atoms with Crippen molar-refractivity contribution in [3.63, 3.8) is 0 Å². The van der Waals surface area contributed by atoms with E-state index in [1.54, 1.807) is 24.3 Å². The molecule has 6 N–H and O–H groups in total. The summed E-state index contributed by atoms with van der Waals surface area (Å²) in [6.07, 6.45) is -0.902. The van der Waals surface area contributed by atoms with Crippen molar-refractivity contribution < 1.29 is 34.2 Å². The van der Waals surface area contributed by atoms with Crippen molar-refractivity contribution in [3.8, 4) is 11.1 Å². The van der Waals surface area contributed by atoms with Crippen LogP contribution in [-0.4, -0.2) is 75.6 Å². The summed E-state index contributed by atoms with van der Waals surface area (Å²) in [5.41, 5.74) is 4.88. The number of aliphatic carboxylic acids is 1. The van der Waals surface area contributed by atoms with Gasteiger partial charge in [0, 0.05) is 43.6 Å². The number of benzene rings is 4. The van der Waals surface area contributed by atoms with Gasteiger partial charge in [-0.15, -0.1) is 11.3 Å². The van der Waals surface area contributed by atoms with E-state index < -0.39 is 54.6 Å². The molecule has 0 spiro atoms. The molecule has 0 radical (unpaired) electrons. The number of carbonyl (C=O) groups excluding carboxylic acids is 4. The third-order valence-electron chi connectivity index (χ3n) is 9.90. The third kappa shape index (κ3) is 12.2. The average Bonchev–Trinajstić information content (AvgIpc) is 3.75. The minimum Gasteiger partial charge on any atom is -0.480 e. The second-order valence-corrected chi connectivity index (χ2v) is 15.3. The van der Waals surface area contributed by atoms with E-state index in [0.29, 0.717) is 5.56 Å². The van der Waals surface area contributed by atoms with Gasteiger partial charge in [-0.2, -0.15) is 0 Å². The lowest BCUT2D eigenvalue weighted by Gasteiger charge is -2.29. The van der Waals surface area contributed by atoms with Gasteiger partial charge in [-0.25, -0.2) is 0 Å². The molecule has 3 heterocycles. The number of carbonyl (C=O) groups is 5. The summed E-state index contributed by atoms with van der Waals surface area (Å²) < 4.78 is 0. The topological polar surface area (TPSA) is 177 Å². The molecule has 0 saturated heterocycles. The molecular weight excluding hydrogens is 755 g/mol. The van der Waals surface area contributed by atoms with Crippen LogP contribution in [0.2, 0.25) is 0 Å². The molecule has 0 saturated carbocycles. The van der Waals surface area contributed by atoms with Crippen LogP contribution in [0.25, 0.3) is 11.1 Å². The zero-order valence-corrected chi connectivity index (χ0v) is 32.7. The Balaban J connectivity index is 1.36. The SMILES string of the molecule is O=C(O)CN1Cc2ccc(cc2)CNC(=O)CCC(O)N[C@H](Cc2cccs2)C(=O)N[C@@H](Cc2ccc(-c3ccccc3)cc2)C(=O)N[C@H](Cc2ccccc2)C1=O. The summed E-state index contributed by atoms with van der Waals surface area (Å²) in [6.45, 7) is -0.462. The monoisotopic (exact) mass is 801 g/mol. The van der Waals surface area contributed by atoms with Gasteiger partial charge in [0.2, 0.25) is 23.6 Å². The summed E-state index contributed by atoms with van der Waals surface area (Å²) in [6, 6.07) is 34.0. The fourth-order valence-corrected chi connectivity index (χ4v) is 7.56. The number of hydrogen-bond acceptors (Lipinski definition) is 8. The number of amides is 4. The van der Waals surface area contributed by atoms with E-state index >= 15 is 0 Å². The van der Waals surface area contributed by atoms with Crippen LogP contribution in [0.4, 0.5) is 0 Å². The number of thiophene rings is 1. The lowest BCUT2D eigenvalue weighted by molar-refractivity contribution is -0.146. The number of nitrogens with zero attached hydrogens (tertiary/aromatic N) is 1. The maximum atomic E-state index is 14.5. The molecule has 0 aliphatic carbocycles. The molecule has 2 bridgehead atoms. The maximum Gasteiger partial charge on any atom is 0.323 e. The van der Waals surface area contributed by atoms with Crippen molar-refractivity contribution in [2.24, 2.45) is 0 Å². The van der Waals surface area contributed by atoms with Crippen LogP contribution in [0.15, 0.2) is 127 Å². The first kappa shape index (κ1) is 41.5. The molecule has 4 atom stereocenters. The lowest BCUT2D eigenvalue weighted by Crippen LogP contribution is -2.58. The standard InChI is InChI=1S/C45H47N5O7S/c51-40-21-22-41(52)47-38(26-36-12-7-23-58-36)44(56)48-37(24-31-17-19-35(20-18-31)34-10-5-2-6-11-34)43(55)49-39(25-30-8-3-1-4-9-30)45(57)50(29-42(53)54)28-33-15-13-32(14-16-33)27-46-40/h1-20,23,37-39,41,47,52H,21-22,24-29H2,(H,46,51)(H,48,56)(H,49,55)(H,53,54)/t37-,38+,39+,41?/m0/s1. The lowest BCUT2D eigenvalue weighted by atomic mass is 9.99. The van der Waals surface area contributed by atoms with Gasteiger partial charge in [0.25, 0.3) is 0 Å². The molecule has 7 rings (SSSR count). The number of carboxylic acids is 1. The summed E-state index contributed by atoms with van der Waals surface area (Å²) in [5.74, 6) is -3.35. The van der Waals surface area contributed by atoms with Gasteiger partial charge >= 0.3 is 5.97 Å². The largest absolute Gasteiger partial charge is 0.480 e. The first-order chi connectivity index (χ1) is 28.1. The average molecular weight is 802 g/mol. The smallest absolute Gasteiger partial charge is 0.323 e. The Kier molecular flexibility index (Phi) is 14.5. The first-order valence-electron chi connectivity index (χ1n) is 19.2. The minimum atomic E-state index is -1.22. The van der Waals surface area contributed by atoms with E-state index in [9.17, 15) is 34.2 Å². The van der Waals surface area contributed by atoms with Gasteiger partial charge in [0.15, 0.2) is 0 Å². The highest BCUT2D eigenvalue weighted by Crippen LogP contribution is 2.21. The quantitative estimate of drug-likeness (QED) is 0.120. The van der Waals surface area contributed by atoms with Crippen LogP contribution in [0.5, 0.6) is 0 Å². The fraction of sp³-hybridized carbons (Fsp3) is 0.267. The summed E-state index contributed by atoms with van der Waals surface area (Å²) in [5, 5.41) is 34.4. The fourth-order valence-electron chi connectivity index (χ4n) is 6.81. The first-order valence-corrected chi connectivity index (χ1v) is 20.1. The molecule has 0 fully saturated rings. The molecule has 2 aliphatic heterocycles.